The van der Waals surface area contributed by atoms with Gasteiger partial charge in [0.05, 0.1) is 21.5 Å². The number of nitrogens with zero attached hydrogens (tertiary/aromatic N) is 2. The van der Waals surface area contributed by atoms with Gasteiger partial charge in [-0.3, -0.25) is 0 Å². The largest absolute Gasteiger partial charge is 0.310 e. The van der Waals surface area contributed by atoms with Crippen molar-refractivity contribution in [3.63, 3.8) is 0 Å². The van der Waals surface area contributed by atoms with Crippen molar-refractivity contribution in [3.05, 3.63) is 45.7 Å². The first kappa shape index (κ1) is 15.3. The number of aromatic nitrogens is 2. The van der Waals surface area contributed by atoms with E-state index in [1.165, 1.54) is 5.56 Å². The Hall–Kier alpha value is -1.13. The van der Waals surface area contributed by atoms with Crippen molar-refractivity contribution in [3.8, 4) is 5.69 Å². The van der Waals surface area contributed by atoms with E-state index >= 15 is 0 Å². The van der Waals surface area contributed by atoms with E-state index in [2.05, 4.69) is 71.4 Å². The number of hydrogen-bond acceptors (Lipinski definition) is 2. The Bertz CT molecular complexity index is 589. The first-order valence-corrected chi connectivity index (χ1v) is 7.93. The highest BCUT2D eigenvalue weighted by atomic mass is 79.9. The third-order valence-electron chi connectivity index (χ3n) is 3.58. The molecule has 1 N–H and O–H groups in total. The van der Waals surface area contributed by atoms with Crippen LogP contribution < -0.4 is 5.32 Å². The molecule has 0 aliphatic rings. The van der Waals surface area contributed by atoms with Crippen molar-refractivity contribution in [1.82, 2.24) is 15.1 Å². The second kappa shape index (κ2) is 6.55. The van der Waals surface area contributed by atoms with E-state index in [1.54, 1.807) is 0 Å². The van der Waals surface area contributed by atoms with E-state index in [9.17, 15) is 0 Å². The van der Waals surface area contributed by atoms with Crippen LogP contribution in [0, 0.1) is 13.8 Å². The minimum atomic E-state index is 0.403. The lowest BCUT2D eigenvalue weighted by atomic mass is 10.0. The van der Waals surface area contributed by atoms with Crippen LogP contribution in [0.15, 0.2) is 28.7 Å². The summed E-state index contributed by atoms with van der Waals surface area (Å²) < 4.78 is 3.09. The van der Waals surface area contributed by atoms with Crippen LogP contribution in [0.3, 0.4) is 0 Å². The summed E-state index contributed by atoms with van der Waals surface area (Å²) in [5.41, 5.74) is 4.59. The minimum Gasteiger partial charge on any atom is -0.310 e. The minimum absolute atomic E-state index is 0.403. The molecular formula is C16H22BrN3. The molecule has 3 nitrogen and oxygen atoms in total. The first-order valence-electron chi connectivity index (χ1n) is 7.13. The average molecular weight is 336 g/mol. The molecule has 4 heteroatoms. The Balaban J connectivity index is 2.41. The van der Waals surface area contributed by atoms with Gasteiger partial charge in [-0.25, -0.2) is 4.68 Å². The van der Waals surface area contributed by atoms with Crippen LogP contribution in [0.4, 0.5) is 0 Å². The molecule has 0 aliphatic carbocycles. The third-order valence-corrected chi connectivity index (χ3v) is 4.73. The van der Waals surface area contributed by atoms with Crippen molar-refractivity contribution in [2.24, 2.45) is 0 Å². The third kappa shape index (κ3) is 2.96. The van der Waals surface area contributed by atoms with Gasteiger partial charge in [0.2, 0.25) is 0 Å². The summed E-state index contributed by atoms with van der Waals surface area (Å²) in [7, 11) is 0. The van der Waals surface area contributed by atoms with Crippen LogP contribution in [0.5, 0.6) is 0 Å². The van der Waals surface area contributed by atoms with Crippen LogP contribution in [-0.2, 0) is 0 Å². The molecule has 0 bridgehead atoms. The zero-order valence-corrected chi connectivity index (χ0v) is 14.2. The van der Waals surface area contributed by atoms with Crippen LogP contribution in [0.25, 0.3) is 5.69 Å². The highest BCUT2D eigenvalue weighted by Crippen LogP contribution is 2.25. The molecular weight excluding hydrogens is 314 g/mol. The fourth-order valence-corrected chi connectivity index (χ4v) is 2.74. The molecule has 1 atom stereocenters. The Morgan fingerprint density at radius 3 is 2.60 bits per heavy atom. The smallest absolute Gasteiger partial charge is 0.0743 e. The van der Waals surface area contributed by atoms with E-state index in [0.29, 0.717) is 6.04 Å². The summed E-state index contributed by atoms with van der Waals surface area (Å²) in [6, 6.07) is 9.02. The molecule has 0 saturated heterocycles. The number of aryl methyl sites for hydroxylation is 1. The number of rotatable bonds is 5. The standard InChI is InChI=1S/C16H22BrN3/c1-5-15(18-6-2)13-8-7-9-14(10-13)20-12(4)16(17)11(3)19-20/h7-10,15,18H,5-6H2,1-4H3. The molecule has 0 radical (unpaired) electrons. The summed E-state index contributed by atoms with van der Waals surface area (Å²) in [4.78, 5) is 0. The van der Waals surface area contributed by atoms with Gasteiger partial charge in [0.1, 0.15) is 0 Å². The molecule has 108 valence electrons. The molecule has 1 aromatic carbocycles. The van der Waals surface area contributed by atoms with Crippen molar-refractivity contribution in [2.75, 3.05) is 6.54 Å². The normalized spacial score (nSPS) is 12.7. The van der Waals surface area contributed by atoms with Gasteiger partial charge in [0.25, 0.3) is 0 Å². The molecule has 1 unspecified atom stereocenters. The lowest BCUT2D eigenvalue weighted by molar-refractivity contribution is 0.537. The molecule has 1 aromatic heterocycles. The second-order valence-corrected chi connectivity index (χ2v) is 5.80. The van der Waals surface area contributed by atoms with Crippen molar-refractivity contribution in [2.45, 2.75) is 40.2 Å². The summed E-state index contributed by atoms with van der Waals surface area (Å²) >= 11 is 3.59. The topological polar surface area (TPSA) is 29.9 Å². The SMILES string of the molecule is CCNC(CC)c1cccc(-n2nc(C)c(Br)c2C)c1. The zero-order valence-electron chi connectivity index (χ0n) is 12.6. The lowest BCUT2D eigenvalue weighted by Crippen LogP contribution is -2.20. The van der Waals surface area contributed by atoms with Gasteiger partial charge >= 0.3 is 0 Å². The van der Waals surface area contributed by atoms with Gasteiger partial charge in [-0.05, 0) is 60.4 Å². The summed E-state index contributed by atoms with van der Waals surface area (Å²) in [5.74, 6) is 0. The zero-order chi connectivity index (χ0) is 14.7. The fourth-order valence-electron chi connectivity index (χ4n) is 2.49. The van der Waals surface area contributed by atoms with E-state index in [4.69, 9.17) is 0 Å². The van der Waals surface area contributed by atoms with Gasteiger partial charge in [-0.15, -0.1) is 0 Å². The molecule has 2 aromatic rings. The number of halogens is 1. The van der Waals surface area contributed by atoms with Crippen LogP contribution in [-0.4, -0.2) is 16.3 Å². The number of nitrogens with one attached hydrogen (secondary N) is 1. The molecule has 0 aliphatic heterocycles. The second-order valence-electron chi connectivity index (χ2n) is 5.01. The van der Waals surface area contributed by atoms with Gasteiger partial charge < -0.3 is 5.32 Å². The molecule has 0 amide bonds. The van der Waals surface area contributed by atoms with Crippen LogP contribution >= 0.6 is 15.9 Å². The van der Waals surface area contributed by atoms with E-state index in [-0.39, 0.29) is 0 Å². The van der Waals surface area contributed by atoms with E-state index in [1.807, 2.05) is 11.6 Å². The Morgan fingerprint density at radius 1 is 1.30 bits per heavy atom. The highest BCUT2D eigenvalue weighted by molar-refractivity contribution is 9.10. The maximum absolute atomic E-state index is 4.60. The molecule has 0 saturated carbocycles. The Labute approximate surface area is 129 Å². The Morgan fingerprint density at radius 2 is 2.05 bits per heavy atom. The van der Waals surface area contributed by atoms with Gasteiger partial charge in [-0.1, -0.05) is 26.0 Å². The van der Waals surface area contributed by atoms with E-state index < -0.39 is 0 Å². The predicted octanol–water partition coefficient (Wildman–Crippen LogP) is 4.31. The molecule has 20 heavy (non-hydrogen) atoms. The summed E-state index contributed by atoms with van der Waals surface area (Å²) in [5, 5.41) is 8.12. The molecule has 0 fully saturated rings. The van der Waals surface area contributed by atoms with Gasteiger partial charge in [0.15, 0.2) is 0 Å². The van der Waals surface area contributed by atoms with Crippen LogP contribution in [0.2, 0.25) is 0 Å². The first-order chi connectivity index (χ1) is 9.58. The van der Waals surface area contributed by atoms with Crippen molar-refractivity contribution in [1.29, 1.82) is 0 Å². The quantitative estimate of drug-likeness (QED) is 0.882. The maximum Gasteiger partial charge on any atom is 0.0743 e. The maximum atomic E-state index is 4.60. The summed E-state index contributed by atoms with van der Waals surface area (Å²) in [6.45, 7) is 9.43. The monoisotopic (exact) mass is 335 g/mol. The average Bonchev–Trinajstić information content (AvgIpc) is 2.72. The van der Waals surface area contributed by atoms with E-state index in [0.717, 1.165) is 34.5 Å². The number of hydrogen-bond donors (Lipinski definition) is 1. The Kier molecular flexibility index (Phi) is 5.00. The highest BCUT2D eigenvalue weighted by Gasteiger charge is 2.12. The van der Waals surface area contributed by atoms with Crippen molar-refractivity contribution < 1.29 is 0 Å². The summed E-state index contributed by atoms with van der Waals surface area (Å²) in [6.07, 6.45) is 1.08. The fraction of sp³-hybridized carbons (Fsp3) is 0.438. The molecule has 2 rings (SSSR count). The van der Waals surface area contributed by atoms with Gasteiger partial charge in [0, 0.05) is 6.04 Å². The van der Waals surface area contributed by atoms with Crippen LogP contribution in [0.1, 0.15) is 43.3 Å². The lowest BCUT2D eigenvalue weighted by Gasteiger charge is -2.17. The van der Waals surface area contributed by atoms with Gasteiger partial charge in [-0.2, -0.15) is 5.10 Å². The van der Waals surface area contributed by atoms with Crippen molar-refractivity contribution >= 4 is 15.9 Å². The molecule has 1 heterocycles. The molecule has 0 spiro atoms. The predicted molar refractivity (Wildman–Crippen MR) is 87.4 cm³/mol. The number of benzene rings is 1.